The number of carbonyl (C=O) groups is 2. The smallest absolute Gasteiger partial charge is 0.272 e. The van der Waals surface area contributed by atoms with Crippen LogP contribution in [0.3, 0.4) is 0 Å². The first-order valence-corrected chi connectivity index (χ1v) is 6.57. The van der Waals surface area contributed by atoms with Gasteiger partial charge in [0.15, 0.2) is 0 Å². The zero-order chi connectivity index (χ0) is 15.9. The Morgan fingerprint density at radius 3 is 2.45 bits per heavy atom. The van der Waals surface area contributed by atoms with Gasteiger partial charge < -0.3 is 4.74 Å². The summed E-state index contributed by atoms with van der Waals surface area (Å²) in [6.45, 7) is 0. The zero-order valence-electron chi connectivity index (χ0n) is 11.9. The van der Waals surface area contributed by atoms with E-state index in [0.29, 0.717) is 11.3 Å². The Hall–Kier alpha value is -2.89. The number of rotatable bonds is 4. The van der Waals surface area contributed by atoms with Crippen LogP contribution < -0.4 is 15.6 Å². The molecule has 0 heterocycles. The van der Waals surface area contributed by atoms with E-state index < -0.39 is 17.6 Å². The Morgan fingerprint density at radius 1 is 1.05 bits per heavy atom. The van der Waals surface area contributed by atoms with E-state index in [2.05, 4.69) is 10.9 Å². The maximum Gasteiger partial charge on any atom is 0.272 e. The second kappa shape index (κ2) is 7.21. The normalized spacial score (nSPS) is 9.91. The number of amides is 2. The maximum absolute atomic E-state index is 13.4. The third-order valence-corrected chi connectivity index (χ3v) is 2.98. The van der Waals surface area contributed by atoms with E-state index in [1.165, 1.54) is 31.4 Å². The van der Waals surface area contributed by atoms with E-state index in [1.807, 2.05) is 0 Å². The van der Waals surface area contributed by atoms with Gasteiger partial charge >= 0.3 is 0 Å². The Morgan fingerprint density at radius 2 is 1.73 bits per heavy atom. The first-order chi connectivity index (χ1) is 10.6. The molecule has 0 bridgehead atoms. The lowest BCUT2D eigenvalue weighted by Gasteiger charge is -2.10. The van der Waals surface area contributed by atoms with Crippen LogP contribution in [0.5, 0.6) is 5.75 Å². The summed E-state index contributed by atoms with van der Waals surface area (Å²) in [4.78, 5) is 23.6. The van der Waals surface area contributed by atoms with Crippen molar-refractivity contribution in [2.45, 2.75) is 6.42 Å². The highest BCUT2D eigenvalue weighted by Crippen LogP contribution is 2.17. The van der Waals surface area contributed by atoms with Crippen LogP contribution in [0.2, 0.25) is 0 Å². The van der Waals surface area contributed by atoms with Crippen molar-refractivity contribution in [2.75, 3.05) is 7.11 Å². The molecule has 6 heteroatoms. The molecule has 0 saturated heterocycles. The fourth-order valence-corrected chi connectivity index (χ4v) is 1.91. The lowest BCUT2D eigenvalue weighted by atomic mass is 10.1. The molecule has 2 aromatic rings. The molecule has 0 fully saturated rings. The number of hydrogen-bond donors (Lipinski definition) is 2. The fraction of sp³-hybridized carbons (Fsp3) is 0.125. The number of hydrazine groups is 1. The fourth-order valence-electron chi connectivity index (χ4n) is 1.91. The van der Waals surface area contributed by atoms with Gasteiger partial charge in [-0.25, -0.2) is 4.39 Å². The Kier molecular flexibility index (Phi) is 5.08. The Balaban J connectivity index is 1.93. The second-order valence-corrected chi connectivity index (χ2v) is 4.47. The predicted molar refractivity (Wildman–Crippen MR) is 78.7 cm³/mol. The van der Waals surface area contributed by atoms with Gasteiger partial charge in [-0.15, -0.1) is 0 Å². The van der Waals surface area contributed by atoms with Crippen molar-refractivity contribution < 1.29 is 18.7 Å². The van der Waals surface area contributed by atoms with Crippen molar-refractivity contribution in [3.8, 4) is 5.75 Å². The lowest BCUT2D eigenvalue weighted by Crippen LogP contribution is -2.42. The molecule has 2 amide bonds. The van der Waals surface area contributed by atoms with Crippen LogP contribution in [0.4, 0.5) is 4.39 Å². The average molecular weight is 302 g/mol. The van der Waals surface area contributed by atoms with Crippen molar-refractivity contribution in [2.24, 2.45) is 0 Å². The van der Waals surface area contributed by atoms with E-state index in [-0.39, 0.29) is 12.0 Å². The molecular formula is C16H15FN2O3. The summed E-state index contributed by atoms with van der Waals surface area (Å²) in [7, 11) is 1.51. The summed E-state index contributed by atoms with van der Waals surface area (Å²) >= 11 is 0. The van der Waals surface area contributed by atoms with Crippen LogP contribution in [0, 0.1) is 5.82 Å². The molecule has 0 unspecified atom stereocenters. The Labute approximate surface area is 127 Å². The molecule has 0 aliphatic carbocycles. The van der Waals surface area contributed by atoms with Crippen LogP contribution in [0.15, 0.2) is 48.5 Å². The summed E-state index contributed by atoms with van der Waals surface area (Å²) < 4.78 is 18.6. The molecule has 0 spiro atoms. The molecule has 0 aromatic heterocycles. The number of ether oxygens (including phenoxy) is 1. The van der Waals surface area contributed by atoms with Crippen molar-refractivity contribution in [3.63, 3.8) is 0 Å². The summed E-state index contributed by atoms with van der Waals surface area (Å²) in [5.74, 6) is -1.22. The third-order valence-electron chi connectivity index (χ3n) is 2.98. The highest BCUT2D eigenvalue weighted by molar-refractivity contribution is 5.95. The average Bonchev–Trinajstić information content (AvgIpc) is 2.53. The molecule has 2 rings (SSSR count). The number of para-hydroxylation sites is 1. The summed E-state index contributed by atoms with van der Waals surface area (Å²) in [5, 5.41) is 0. The standard InChI is InChI=1S/C16H15FN2O3/c1-22-14-9-5-2-6-11(14)10-15(20)18-19-16(21)12-7-3-4-8-13(12)17/h2-9H,10H2,1H3,(H,18,20)(H,19,21). The van der Waals surface area contributed by atoms with Gasteiger partial charge in [-0.3, -0.25) is 20.4 Å². The summed E-state index contributed by atoms with van der Waals surface area (Å²) in [6.07, 6.45) is 0.0293. The van der Waals surface area contributed by atoms with E-state index in [9.17, 15) is 14.0 Å². The SMILES string of the molecule is COc1ccccc1CC(=O)NNC(=O)c1ccccc1F. The van der Waals surface area contributed by atoms with Crippen LogP contribution in [-0.4, -0.2) is 18.9 Å². The predicted octanol–water partition coefficient (Wildman–Crippen LogP) is 1.84. The lowest BCUT2D eigenvalue weighted by molar-refractivity contribution is -0.121. The highest BCUT2D eigenvalue weighted by atomic mass is 19.1. The topological polar surface area (TPSA) is 67.4 Å². The number of benzene rings is 2. The summed E-state index contributed by atoms with van der Waals surface area (Å²) in [6, 6.07) is 12.6. The molecule has 22 heavy (non-hydrogen) atoms. The van der Waals surface area contributed by atoms with Gasteiger partial charge in [-0.05, 0) is 18.2 Å². The van der Waals surface area contributed by atoms with E-state index in [1.54, 1.807) is 24.3 Å². The highest BCUT2D eigenvalue weighted by Gasteiger charge is 2.12. The van der Waals surface area contributed by atoms with Crippen molar-refractivity contribution in [1.82, 2.24) is 10.9 Å². The van der Waals surface area contributed by atoms with E-state index in [4.69, 9.17) is 4.74 Å². The largest absolute Gasteiger partial charge is 0.496 e. The van der Waals surface area contributed by atoms with Gasteiger partial charge in [0, 0.05) is 5.56 Å². The number of methoxy groups -OCH3 is 1. The molecule has 0 radical (unpaired) electrons. The minimum absolute atomic E-state index is 0.0293. The molecular weight excluding hydrogens is 287 g/mol. The molecule has 0 saturated carbocycles. The van der Waals surface area contributed by atoms with Crippen molar-refractivity contribution in [1.29, 1.82) is 0 Å². The molecule has 0 aliphatic rings. The third kappa shape index (κ3) is 3.82. The summed E-state index contributed by atoms with van der Waals surface area (Å²) in [5.41, 5.74) is 4.97. The van der Waals surface area contributed by atoms with Gasteiger partial charge in [-0.1, -0.05) is 30.3 Å². The molecule has 0 atom stereocenters. The van der Waals surface area contributed by atoms with E-state index >= 15 is 0 Å². The van der Waals surface area contributed by atoms with Gasteiger partial charge in [0.2, 0.25) is 5.91 Å². The molecule has 0 aliphatic heterocycles. The van der Waals surface area contributed by atoms with Gasteiger partial charge in [-0.2, -0.15) is 0 Å². The van der Waals surface area contributed by atoms with Gasteiger partial charge in [0.1, 0.15) is 11.6 Å². The first-order valence-electron chi connectivity index (χ1n) is 6.57. The number of halogens is 1. The minimum Gasteiger partial charge on any atom is -0.496 e. The van der Waals surface area contributed by atoms with Crippen LogP contribution >= 0.6 is 0 Å². The minimum atomic E-state index is -0.716. The van der Waals surface area contributed by atoms with Crippen LogP contribution in [0.25, 0.3) is 0 Å². The quantitative estimate of drug-likeness (QED) is 0.847. The molecule has 2 aromatic carbocycles. The first kappa shape index (κ1) is 15.5. The van der Waals surface area contributed by atoms with E-state index in [0.717, 1.165) is 0 Å². The Bertz CT molecular complexity index is 689. The number of carbonyl (C=O) groups excluding carboxylic acids is 2. The monoisotopic (exact) mass is 302 g/mol. The second-order valence-electron chi connectivity index (χ2n) is 4.47. The number of nitrogens with one attached hydrogen (secondary N) is 2. The van der Waals surface area contributed by atoms with Crippen LogP contribution in [0.1, 0.15) is 15.9 Å². The molecule has 2 N–H and O–H groups in total. The molecule has 114 valence electrons. The van der Waals surface area contributed by atoms with Crippen molar-refractivity contribution >= 4 is 11.8 Å². The van der Waals surface area contributed by atoms with Gasteiger partial charge in [0.05, 0.1) is 19.1 Å². The van der Waals surface area contributed by atoms with Crippen molar-refractivity contribution in [3.05, 3.63) is 65.5 Å². The van der Waals surface area contributed by atoms with Gasteiger partial charge in [0.25, 0.3) is 5.91 Å². The van der Waals surface area contributed by atoms with Crippen LogP contribution in [-0.2, 0) is 11.2 Å². The zero-order valence-corrected chi connectivity index (χ0v) is 11.9. The maximum atomic E-state index is 13.4. The number of hydrogen-bond acceptors (Lipinski definition) is 3. The molecule has 5 nitrogen and oxygen atoms in total.